The van der Waals surface area contributed by atoms with E-state index in [9.17, 15) is 0 Å². The van der Waals surface area contributed by atoms with Gasteiger partial charge in [-0.2, -0.15) is 0 Å². The Kier molecular flexibility index (Phi) is 2.96. The molecule has 2 aromatic heterocycles. The second-order valence-corrected chi connectivity index (χ2v) is 5.62. The Morgan fingerprint density at radius 1 is 1.27 bits per heavy atom. The molecule has 0 atom stereocenters. The van der Waals surface area contributed by atoms with Crippen molar-refractivity contribution >= 4 is 17.0 Å². The van der Waals surface area contributed by atoms with Crippen LogP contribution in [0.1, 0.15) is 11.1 Å². The maximum absolute atomic E-state index is 5.56. The van der Waals surface area contributed by atoms with Gasteiger partial charge in [0.25, 0.3) is 0 Å². The van der Waals surface area contributed by atoms with Crippen molar-refractivity contribution in [3.05, 3.63) is 42.0 Å². The largest absolute Gasteiger partial charge is 0.493 e. The van der Waals surface area contributed by atoms with Crippen molar-refractivity contribution in [3.8, 4) is 5.75 Å². The molecule has 0 N–H and O–H groups in total. The molecule has 3 aromatic rings. The Labute approximate surface area is 128 Å². The van der Waals surface area contributed by atoms with Gasteiger partial charge in [-0.25, -0.2) is 15.0 Å². The van der Waals surface area contributed by atoms with E-state index in [1.54, 1.807) is 12.7 Å². The first-order chi connectivity index (χ1) is 10.7. The van der Waals surface area contributed by atoms with Crippen LogP contribution in [0.3, 0.4) is 0 Å². The quantitative estimate of drug-likeness (QED) is 0.739. The van der Waals surface area contributed by atoms with Crippen LogP contribution in [0.15, 0.2) is 30.9 Å². The van der Waals surface area contributed by atoms with Crippen molar-refractivity contribution in [2.75, 3.05) is 18.6 Å². The predicted molar refractivity (Wildman–Crippen MR) is 84.1 cm³/mol. The number of anilines is 1. The SMILES string of the molecule is CN(Cc1ccc2c(c1)CCO2)c1ncnc2c1ncn2C. The molecule has 0 radical (unpaired) electrons. The molecule has 6 nitrogen and oxygen atoms in total. The molecule has 0 aliphatic carbocycles. The van der Waals surface area contributed by atoms with E-state index in [0.29, 0.717) is 0 Å². The summed E-state index contributed by atoms with van der Waals surface area (Å²) in [5, 5.41) is 0. The van der Waals surface area contributed by atoms with E-state index in [1.165, 1.54) is 11.1 Å². The lowest BCUT2D eigenvalue weighted by atomic mass is 10.1. The van der Waals surface area contributed by atoms with Crippen molar-refractivity contribution in [1.29, 1.82) is 0 Å². The first-order valence-electron chi connectivity index (χ1n) is 7.30. The molecule has 0 bridgehead atoms. The summed E-state index contributed by atoms with van der Waals surface area (Å²) >= 11 is 0. The van der Waals surface area contributed by atoms with Crippen LogP contribution >= 0.6 is 0 Å². The number of benzene rings is 1. The Hall–Kier alpha value is -2.63. The molecule has 0 spiro atoms. The van der Waals surface area contributed by atoms with Crippen molar-refractivity contribution in [3.63, 3.8) is 0 Å². The maximum atomic E-state index is 5.56. The minimum atomic E-state index is 0.774. The van der Waals surface area contributed by atoms with Crippen molar-refractivity contribution in [1.82, 2.24) is 19.5 Å². The van der Waals surface area contributed by atoms with Gasteiger partial charge in [0.2, 0.25) is 0 Å². The van der Waals surface area contributed by atoms with E-state index >= 15 is 0 Å². The standard InChI is InChI=1S/C16H17N5O/c1-20(8-11-3-4-13-12(7-11)5-6-22-13)15-14-16(18-9-17-15)21(2)10-19-14/h3-4,7,9-10H,5-6,8H2,1-2H3. The highest BCUT2D eigenvalue weighted by Gasteiger charge is 2.15. The molecule has 0 fully saturated rings. The average molecular weight is 295 g/mol. The molecule has 0 unspecified atom stereocenters. The summed E-state index contributed by atoms with van der Waals surface area (Å²) in [5.74, 6) is 1.86. The number of aromatic nitrogens is 4. The van der Waals surface area contributed by atoms with Gasteiger partial charge in [0.15, 0.2) is 17.0 Å². The second-order valence-electron chi connectivity index (χ2n) is 5.62. The number of ether oxygens (including phenoxy) is 1. The fourth-order valence-corrected chi connectivity index (χ4v) is 2.90. The van der Waals surface area contributed by atoms with E-state index in [1.807, 2.05) is 18.7 Å². The van der Waals surface area contributed by atoms with Crippen molar-refractivity contribution < 1.29 is 4.74 Å². The first kappa shape index (κ1) is 13.1. The molecule has 1 aliphatic rings. The zero-order valence-electron chi connectivity index (χ0n) is 12.7. The van der Waals surface area contributed by atoms with Gasteiger partial charge in [-0.15, -0.1) is 0 Å². The van der Waals surface area contributed by atoms with E-state index in [4.69, 9.17) is 4.74 Å². The lowest BCUT2D eigenvalue weighted by molar-refractivity contribution is 0.357. The van der Waals surface area contributed by atoms with Gasteiger partial charge in [-0.05, 0) is 17.2 Å². The van der Waals surface area contributed by atoms with E-state index in [-0.39, 0.29) is 0 Å². The summed E-state index contributed by atoms with van der Waals surface area (Å²) in [6.07, 6.45) is 4.35. The Bertz CT molecular complexity index is 842. The molecule has 3 heterocycles. The van der Waals surface area contributed by atoms with Crippen LogP contribution in [-0.4, -0.2) is 33.2 Å². The summed E-state index contributed by atoms with van der Waals surface area (Å²) in [4.78, 5) is 15.2. The fourth-order valence-electron chi connectivity index (χ4n) is 2.90. The molecule has 0 amide bonds. The van der Waals surface area contributed by atoms with Gasteiger partial charge < -0.3 is 14.2 Å². The minimum absolute atomic E-state index is 0.774. The topological polar surface area (TPSA) is 56.1 Å². The second kappa shape index (κ2) is 4.98. The molecule has 0 saturated carbocycles. The summed E-state index contributed by atoms with van der Waals surface area (Å²) in [7, 11) is 3.97. The highest BCUT2D eigenvalue weighted by molar-refractivity contribution is 5.83. The maximum Gasteiger partial charge on any atom is 0.165 e. The van der Waals surface area contributed by atoms with Gasteiger partial charge in [0.05, 0.1) is 12.9 Å². The number of hydrogen-bond donors (Lipinski definition) is 0. The molecule has 112 valence electrons. The summed E-state index contributed by atoms with van der Waals surface area (Å²) in [5.41, 5.74) is 4.21. The van der Waals surface area contributed by atoms with E-state index in [0.717, 1.165) is 42.3 Å². The van der Waals surface area contributed by atoms with Crippen LogP contribution < -0.4 is 9.64 Å². The third kappa shape index (κ3) is 2.07. The molecule has 22 heavy (non-hydrogen) atoms. The van der Waals surface area contributed by atoms with Gasteiger partial charge in [0.1, 0.15) is 12.1 Å². The number of fused-ring (bicyclic) bond motifs is 2. The van der Waals surface area contributed by atoms with Crippen LogP contribution in [0.5, 0.6) is 5.75 Å². The molecule has 6 heteroatoms. The van der Waals surface area contributed by atoms with Crippen molar-refractivity contribution in [2.24, 2.45) is 7.05 Å². The third-order valence-electron chi connectivity index (χ3n) is 4.01. The number of nitrogens with zero attached hydrogens (tertiary/aromatic N) is 5. The predicted octanol–water partition coefficient (Wildman–Crippen LogP) is 1.93. The summed E-state index contributed by atoms with van der Waals surface area (Å²) in [6.45, 7) is 1.56. The minimum Gasteiger partial charge on any atom is -0.493 e. The zero-order chi connectivity index (χ0) is 15.1. The summed E-state index contributed by atoms with van der Waals surface area (Å²) in [6, 6.07) is 6.38. The number of imidazole rings is 1. The zero-order valence-corrected chi connectivity index (χ0v) is 12.7. The van der Waals surface area contributed by atoms with E-state index in [2.05, 4.69) is 38.1 Å². The smallest absolute Gasteiger partial charge is 0.165 e. The number of rotatable bonds is 3. The van der Waals surface area contributed by atoms with E-state index < -0.39 is 0 Å². The van der Waals surface area contributed by atoms with Crippen LogP contribution in [0, 0.1) is 0 Å². The highest BCUT2D eigenvalue weighted by atomic mass is 16.5. The lowest BCUT2D eigenvalue weighted by Gasteiger charge is -2.18. The Balaban J connectivity index is 1.65. The molecule has 4 rings (SSSR count). The first-order valence-corrected chi connectivity index (χ1v) is 7.30. The molecular weight excluding hydrogens is 278 g/mol. The van der Waals surface area contributed by atoms with Gasteiger partial charge >= 0.3 is 0 Å². The summed E-state index contributed by atoms with van der Waals surface area (Å²) < 4.78 is 7.46. The third-order valence-corrected chi connectivity index (χ3v) is 4.01. The molecule has 1 aliphatic heterocycles. The molecule has 1 aromatic carbocycles. The van der Waals surface area contributed by atoms with Crippen molar-refractivity contribution in [2.45, 2.75) is 13.0 Å². The Morgan fingerprint density at radius 2 is 2.18 bits per heavy atom. The van der Waals surface area contributed by atoms with Gasteiger partial charge in [-0.3, -0.25) is 0 Å². The number of aryl methyl sites for hydroxylation is 1. The lowest BCUT2D eigenvalue weighted by Crippen LogP contribution is -2.18. The van der Waals surface area contributed by atoms with Crippen LogP contribution in [0.25, 0.3) is 11.2 Å². The normalized spacial score (nSPS) is 13.2. The highest BCUT2D eigenvalue weighted by Crippen LogP contribution is 2.27. The van der Waals surface area contributed by atoms with Crippen LogP contribution in [-0.2, 0) is 20.0 Å². The fraction of sp³-hybridized carbons (Fsp3) is 0.312. The van der Waals surface area contributed by atoms with Gasteiger partial charge in [-0.1, -0.05) is 12.1 Å². The average Bonchev–Trinajstić information content (AvgIpc) is 3.13. The Morgan fingerprint density at radius 3 is 3.09 bits per heavy atom. The molecular formula is C16H17N5O. The van der Waals surface area contributed by atoms with Gasteiger partial charge in [0, 0.05) is 27.1 Å². The van der Waals surface area contributed by atoms with Crippen LogP contribution in [0.2, 0.25) is 0 Å². The van der Waals surface area contributed by atoms with Crippen LogP contribution in [0.4, 0.5) is 5.82 Å². The molecule has 0 saturated heterocycles. The number of hydrogen-bond acceptors (Lipinski definition) is 5. The monoisotopic (exact) mass is 295 g/mol.